The molecule has 1 aromatic rings. The van der Waals surface area contributed by atoms with Crippen molar-refractivity contribution in [1.29, 1.82) is 0 Å². The summed E-state index contributed by atoms with van der Waals surface area (Å²) in [6.45, 7) is 1.34. The Morgan fingerprint density at radius 1 is 1.29 bits per heavy atom. The van der Waals surface area contributed by atoms with Gasteiger partial charge in [-0.2, -0.15) is 0 Å². The summed E-state index contributed by atoms with van der Waals surface area (Å²) in [5.74, 6) is 0. The van der Waals surface area contributed by atoms with E-state index >= 15 is 0 Å². The predicted octanol–water partition coefficient (Wildman–Crippen LogP) is 1.70. The summed E-state index contributed by atoms with van der Waals surface area (Å²) in [4.78, 5) is 2.45. The molecule has 0 bridgehead atoms. The van der Waals surface area contributed by atoms with Crippen LogP contribution >= 0.6 is 0 Å². The van der Waals surface area contributed by atoms with Crippen molar-refractivity contribution >= 4 is 0 Å². The van der Waals surface area contributed by atoms with E-state index in [4.69, 9.17) is 0 Å². The number of hydrogen-bond acceptors (Lipinski definition) is 2. The normalized spacial score (nSPS) is 30.4. The highest BCUT2D eigenvalue weighted by Crippen LogP contribution is 2.43. The molecule has 1 saturated heterocycles. The molecule has 1 N–H and O–H groups in total. The number of aliphatic hydroxyl groups excluding tert-OH is 1. The summed E-state index contributed by atoms with van der Waals surface area (Å²) in [5, 5.41) is 9.25. The van der Waals surface area contributed by atoms with E-state index in [1.807, 2.05) is 0 Å². The number of rotatable bonds is 1. The van der Waals surface area contributed by atoms with Gasteiger partial charge >= 0.3 is 0 Å². The van der Waals surface area contributed by atoms with Crippen LogP contribution in [0.2, 0.25) is 0 Å². The average Bonchev–Trinajstić information content (AvgIpc) is 2.75. The number of aliphatic hydroxyl groups is 1. The average molecular weight is 189 g/mol. The van der Waals surface area contributed by atoms with Crippen molar-refractivity contribution in [2.75, 3.05) is 6.61 Å². The highest BCUT2D eigenvalue weighted by atomic mass is 16.3. The molecule has 2 atom stereocenters. The molecule has 0 radical (unpaired) electrons. The van der Waals surface area contributed by atoms with Crippen molar-refractivity contribution in [3.05, 3.63) is 35.4 Å². The van der Waals surface area contributed by atoms with Crippen LogP contribution < -0.4 is 0 Å². The van der Waals surface area contributed by atoms with E-state index in [9.17, 15) is 5.11 Å². The molecule has 3 rings (SSSR count). The van der Waals surface area contributed by atoms with Crippen molar-refractivity contribution in [3.8, 4) is 0 Å². The summed E-state index contributed by atoms with van der Waals surface area (Å²) >= 11 is 0. The zero-order valence-electron chi connectivity index (χ0n) is 8.19. The minimum absolute atomic E-state index is 0.310. The predicted molar refractivity (Wildman–Crippen MR) is 54.8 cm³/mol. The fourth-order valence-corrected chi connectivity index (χ4v) is 2.91. The van der Waals surface area contributed by atoms with Crippen LogP contribution in [0.15, 0.2) is 24.3 Å². The Balaban J connectivity index is 1.97. The lowest BCUT2D eigenvalue weighted by atomic mass is 10.0. The zero-order valence-corrected chi connectivity index (χ0v) is 8.19. The van der Waals surface area contributed by atoms with E-state index in [2.05, 4.69) is 29.2 Å². The second-order valence-corrected chi connectivity index (χ2v) is 4.30. The first-order valence-electron chi connectivity index (χ1n) is 5.34. The topological polar surface area (TPSA) is 23.5 Å². The molecule has 2 heteroatoms. The zero-order chi connectivity index (χ0) is 9.54. The van der Waals surface area contributed by atoms with Crippen LogP contribution in [0, 0.1) is 0 Å². The minimum Gasteiger partial charge on any atom is -0.395 e. The maximum Gasteiger partial charge on any atom is 0.0587 e. The molecule has 2 heterocycles. The summed E-state index contributed by atoms with van der Waals surface area (Å²) in [6, 6.07) is 9.65. The minimum atomic E-state index is 0.310. The van der Waals surface area contributed by atoms with Gasteiger partial charge < -0.3 is 5.11 Å². The van der Waals surface area contributed by atoms with Crippen molar-refractivity contribution in [1.82, 2.24) is 4.90 Å². The standard InChI is InChI=1S/C12H15NO/c14-8-10-5-6-12-11-4-2-1-3-9(11)7-13(10)12/h1-4,10,12,14H,5-8H2. The van der Waals surface area contributed by atoms with Gasteiger partial charge in [0.05, 0.1) is 6.61 Å². The molecule has 74 valence electrons. The van der Waals surface area contributed by atoms with E-state index in [1.165, 1.54) is 17.5 Å². The van der Waals surface area contributed by atoms with Crippen LogP contribution in [0.5, 0.6) is 0 Å². The van der Waals surface area contributed by atoms with Crippen LogP contribution in [-0.2, 0) is 6.54 Å². The van der Waals surface area contributed by atoms with E-state index in [1.54, 1.807) is 0 Å². The van der Waals surface area contributed by atoms with Crippen LogP contribution in [0.1, 0.15) is 30.0 Å². The van der Waals surface area contributed by atoms with Crippen LogP contribution in [-0.4, -0.2) is 22.7 Å². The van der Waals surface area contributed by atoms with Gasteiger partial charge in [0.2, 0.25) is 0 Å². The molecule has 2 aliphatic rings. The fraction of sp³-hybridized carbons (Fsp3) is 0.500. The summed E-state index contributed by atoms with van der Waals surface area (Å²) in [5.41, 5.74) is 2.94. The Morgan fingerprint density at radius 2 is 2.14 bits per heavy atom. The van der Waals surface area contributed by atoms with Gasteiger partial charge in [0.25, 0.3) is 0 Å². The van der Waals surface area contributed by atoms with Crippen molar-refractivity contribution in [2.45, 2.75) is 31.5 Å². The summed E-state index contributed by atoms with van der Waals surface area (Å²) in [7, 11) is 0. The molecule has 0 saturated carbocycles. The lowest BCUT2D eigenvalue weighted by molar-refractivity contribution is 0.136. The first-order valence-corrected chi connectivity index (χ1v) is 5.34. The van der Waals surface area contributed by atoms with E-state index < -0.39 is 0 Å². The Morgan fingerprint density at radius 3 is 3.00 bits per heavy atom. The van der Waals surface area contributed by atoms with Crippen molar-refractivity contribution in [3.63, 3.8) is 0 Å². The van der Waals surface area contributed by atoms with Gasteiger partial charge in [-0.15, -0.1) is 0 Å². The number of fused-ring (bicyclic) bond motifs is 3. The number of hydrogen-bond donors (Lipinski definition) is 1. The first kappa shape index (κ1) is 8.45. The summed E-state index contributed by atoms with van der Waals surface area (Å²) < 4.78 is 0. The molecule has 0 aromatic heterocycles. The molecule has 2 nitrogen and oxygen atoms in total. The number of benzene rings is 1. The molecule has 1 aromatic carbocycles. The van der Waals surface area contributed by atoms with Gasteiger partial charge in [-0.1, -0.05) is 24.3 Å². The Hall–Kier alpha value is -0.860. The lowest BCUT2D eigenvalue weighted by Crippen LogP contribution is -2.29. The largest absolute Gasteiger partial charge is 0.395 e. The molecule has 1 fully saturated rings. The summed E-state index contributed by atoms with van der Waals surface area (Å²) in [6.07, 6.45) is 2.36. The Bertz CT molecular complexity index is 350. The molecule has 0 aliphatic carbocycles. The van der Waals surface area contributed by atoms with Crippen molar-refractivity contribution < 1.29 is 5.11 Å². The number of nitrogens with zero attached hydrogens (tertiary/aromatic N) is 1. The molecule has 14 heavy (non-hydrogen) atoms. The molecule has 0 amide bonds. The molecule has 0 spiro atoms. The third-order valence-corrected chi connectivity index (χ3v) is 3.62. The second kappa shape index (κ2) is 3.07. The first-order chi connectivity index (χ1) is 6.90. The van der Waals surface area contributed by atoms with Crippen molar-refractivity contribution in [2.24, 2.45) is 0 Å². The maximum atomic E-state index is 9.25. The fourth-order valence-electron chi connectivity index (χ4n) is 2.91. The highest BCUT2D eigenvalue weighted by molar-refractivity contribution is 5.35. The van der Waals surface area contributed by atoms with Crippen LogP contribution in [0.4, 0.5) is 0 Å². The van der Waals surface area contributed by atoms with Gasteiger partial charge in [0.15, 0.2) is 0 Å². The second-order valence-electron chi connectivity index (χ2n) is 4.30. The van der Waals surface area contributed by atoms with E-state index in [0.29, 0.717) is 18.7 Å². The van der Waals surface area contributed by atoms with Gasteiger partial charge in [-0.05, 0) is 24.0 Å². The third kappa shape index (κ3) is 1.04. The van der Waals surface area contributed by atoms with Gasteiger partial charge in [0.1, 0.15) is 0 Å². The third-order valence-electron chi connectivity index (χ3n) is 3.62. The smallest absolute Gasteiger partial charge is 0.0587 e. The Kier molecular flexibility index (Phi) is 1.85. The lowest BCUT2D eigenvalue weighted by Gasteiger charge is -2.21. The Labute approximate surface area is 84.2 Å². The van der Waals surface area contributed by atoms with Crippen LogP contribution in [0.3, 0.4) is 0 Å². The maximum absolute atomic E-state index is 9.25. The van der Waals surface area contributed by atoms with Gasteiger partial charge in [0, 0.05) is 18.6 Å². The monoisotopic (exact) mass is 189 g/mol. The van der Waals surface area contributed by atoms with Crippen LogP contribution in [0.25, 0.3) is 0 Å². The molecular formula is C12H15NO. The van der Waals surface area contributed by atoms with Gasteiger partial charge in [-0.25, -0.2) is 0 Å². The van der Waals surface area contributed by atoms with E-state index in [0.717, 1.165) is 13.0 Å². The highest BCUT2D eigenvalue weighted by Gasteiger charge is 2.39. The van der Waals surface area contributed by atoms with Gasteiger partial charge in [-0.3, -0.25) is 4.90 Å². The molecule has 2 aliphatic heterocycles. The molecule has 2 unspecified atom stereocenters. The van der Waals surface area contributed by atoms with E-state index in [-0.39, 0.29) is 0 Å². The molecular weight excluding hydrogens is 174 g/mol. The SMILES string of the molecule is OCC1CCC2c3ccccc3CN12. The quantitative estimate of drug-likeness (QED) is 0.726.